The van der Waals surface area contributed by atoms with E-state index in [0.29, 0.717) is 0 Å². The molecule has 106 valence electrons. The molecular weight excluding hydrogens is 300 g/mol. The molecule has 0 fully saturated rings. The molecule has 0 amide bonds. The largest absolute Gasteiger partial charge is 0.476 e. The van der Waals surface area contributed by atoms with Gasteiger partial charge in [0, 0.05) is 0 Å². The molecular formula is C12H12N2O4S2. The standard InChI is InChI=1S/C12H12N2O4S2/c1-8(9-5-3-2-4-6-9)14(20(17)18)11-10(12(15)16)13-7-19-11/h2-8,20H,1H3,(H,15,16). The van der Waals surface area contributed by atoms with E-state index in [1.807, 2.05) is 6.07 Å². The number of thiazole rings is 1. The van der Waals surface area contributed by atoms with Gasteiger partial charge in [-0.1, -0.05) is 30.3 Å². The number of carboxylic acids is 1. The van der Waals surface area contributed by atoms with E-state index < -0.39 is 22.9 Å². The van der Waals surface area contributed by atoms with E-state index in [-0.39, 0.29) is 10.7 Å². The molecule has 1 atom stereocenters. The summed E-state index contributed by atoms with van der Waals surface area (Å²) in [5.74, 6) is -1.25. The van der Waals surface area contributed by atoms with Crippen molar-refractivity contribution in [3.05, 3.63) is 47.1 Å². The van der Waals surface area contributed by atoms with Gasteiger partial charge in [-0.25, -0.2) is 18.2 Å². The Morgan fingerprint density at radius 3 is 2.55 bits per heavy atom. The lowest BCUT2D eigenvalue weighted by Gasteiger charge is -2.24. The van der Waals surface area contributed by atoms with Crippen LogP contribution in [0, 0.1) is 0 Å². The van der Waals surface area contributed by atoms with Gasteiger partial charge in [0.1, 0.15) is 5.00 Å². The molecule has 20 heavy (non-hydrogen) atoms. The average Bonchev–Trinajstić information content (AvgIpc) is 2.88. The minimum Gasteiger partial charge on any atom is -0.476 e. The SMILES string of the molecule is CC(c1ccccc1)N(c1scnc1C(=O)O)[SH](=O)=O. The topological polar surface area (TPSA) is 87.6 Å². The number of benzene rings is 1. The van der Waals surface area contributed by atoms with Gasteiger partial charge >= 0.3 is 5.97 Å². The highest BCUT2D eigenvalue weighted by Crippen LogP contribution is 2.32. The van der Waals surface area contributed by atoms with Crippen LogP contribution < -0.4 is 4.31 Å². The first-order valence-corrected chi connectivity index (χ1v) is 7.68. The summed E-state index contributed by atoms with van der Waals surface area (Å²) in [6, 6.07) is 8.50. The lowest BCUT2D eigenvalue weighted by atomic mass is 10.1. The van der Waals surface area contributed by atoms with Crippen LogP contribution in [0.3, 0.4) is 0 Å². The molecule has 0 saturated heterocycles. The van der Waals surface area contributed by atoms with Crippen molar-refractivity contribution in [2.75, 3.05) is 4.31 Å². The molecule has 0 bridgehead atoms. The summed E-state index contributed by atoms with van der Waals surface area (Å²) in [6.45, 7) is 1.70. The van der Waals surface area contributed by atoms with Gasteiger partial charge in [-0.15, -0.1) is 11.3 Å². The summed E-state index contributed by atoms with van der Waals surface area (Å²) in [4.78, 5) is 14.8. The van der Waals surface area contributed by atoms with Gasteiger partial charge in [-0.3, -0.25) is 4.31 Å². The summed E-state index contributed by atoms with van der Waals surface area (Å²) in [5.41, 5.74) is 1.84. The zero-order chi connectivity index (χ0) is 14.7. The second-order valence-corrected chi connectivity index (χ2v) is 5.72. The third-order valence-electron chi connectivity index (χ3n) is 2.78. The molecule has 1 N–H and O–H groups in total. The number of hydrogen-bond acceptors (Lipinski definition) is 5. The van der Waals surface area contributed by atoms with Crippen LogP contribution in [0.5, 0.6) is 0 Å². The van der Waals surface area contributed by atoms with E-state index >= 15 is 0 Å². The van der Waals surface area contributed by atoms with Crippen molar-refractivity contribution in [1.82, 2.24) is 4.98 Å². The Labute approximate surface area is 121 Å². The molecule has 6 nitrogen and oxygen atoms in total. The van der Waals surface area contributed by atoms with Crippen molar-refractivity contribution in [3.8, 4) is 0 Å². The lowest BCUT2D eigenvalue weighted by molar-refractivity contribution is 0.0692. The average molecular weight is 312 g/mol. The van der Waals surface area contributed by atoms with Crippen LogP contribution in [0.1, 0.15) is 29.0 Å². The van der Waals surface area contributed by atoms with Gasteiger partial charge in [0.2, 0.25) is 10.9 Å². The van der Waals surface area contributed by atoms with Gasteiger partial charge in [0.05, 0.1) is 11.6 Å². The number of anilines is 1. The minimum atomic E-state index is -2.98. The number of aromatic carboxylic acids is 1. The molecule has 0 aliphatic rings. The molecule has 1 aromatic heterocycles. The van der Waals surface area contributed by atoms with E-state index in [0.717, 1.165) is 21.2 Å². The van der Waals surface area contributed by atoms with Crippen LogP contribution >= 0.6 is 11.3 Å². The molecule has 2 rings (SSSR count). The first kappa shape index (κ1) is 14.5. The zero-order valence-electron chi connectivity index (χ0n) is 10.5. The van der Waals surface area contributed by atoms with E-state index in [1.165, 1.54) is 5.51 Å². The van der Waals surface area contributed by atoms with E-state index in [2.05, 4.69) is 4.98 Å². The highest BCUT2D eigenvalue weighted by atomic mass is 32.2. The molecule has 0 saturated carbocycles. The molecule has 0 radical (unpaired) electrons. The lowest BCUT2D eigenvalue weighted by Crippen LogP contribution is -2.25. The summed E-state index contributed by atoms with van der Waals surface area (Å²) >= 11 is 0.987. The predicted octanol–water partition coefficient (Wildman–Crippen LogP) is 1.94. The maximum Gasteiger partial charge on any atom is 0.357 e. The van der Waals surface area contributed by atoms with Gasteiger partial charge in [0.15, 0.2) is 5.69 Å². The number of rotatable bonds is 5. The van der Waals surface area contributed by atoms with Gasteiger partial charge in [0.25, 0.3) is 0 Å². The van der Waals surface area contributed by atoms with Gasteiger partial charge < -0.3 is 5.11 Å². The minimum absolute atomic E-state index is 0.116. The normalized spacial score (nSPS) is 12.3. The number of hydrogen-bond donors (Lipinski definition) is 2. The fraction of sp³-hybridized carbons (Fsp3) is 0.167. The van der Waals surface area contributed by atoms with Crippen molar-refractivity contribution in [1.29, 1.82) is 0 Å². The van der Waals surface area contributed by atoms with Crippen LogP contribution in [0.4, 0.5) is 5.00 Å². The Kier molecular flexibility index (Phi) is 4.35. The van der Waals surface area contributed by atoms with Gasteiger partial charge in [-0.2, -0.15) is 0 Å². The van der Waals surface area contributed by atoms with Crippen molar-refractivity contribution >= 4 is 33.2 Å². The van der Waals surface area contributed by atoms with E-state index in [9.17, 15) is 13.2 Å². The Morgan fingerprint density at radius 2 is 2.00 bits per heavy atom. The fourth-order valence-corrected chi connectivity index (χ4v) is 3.59. The van der Waals surface area contributed by atoms with Crippen LogP contribution in [-0.4, -0.2) is 24.5 Å². The number of aromatic nitrogens is 1. The van der Waals surface area contributed by atoms with Crippen molar-refractivity contribution < 1.29 is 18.3 Å². The first-order chi connectivity index (χ1) is 9.52. The summed E-state index contributed by atoms with van der Waals surface area (Å²) < 4.78 is 24.1. The smallest absolute Gasteiger partial charge is 0.357 e. The van der Waals surface area contributed by atoms with E-state index in [4.69, 9.17) is 5.11 Å². The van der Waals surface area contributed by atoms with Crippen LogP contribution in [0.15, 0.2) is 35.8 Å². The number of nitrogens with zero attached hydrogens (tertiary/aromatic N) is 2. The molecule has 0 spiro atoms. The molecule has 2 aromatic rings. The van der Waals surface area contributed by atoms with E-state index in [1.54, 1.807) is 31.2 Å². The second kappa shape index (κ2) is 6.02. The monoisotopic (exact) mass is 312 g/mol. The summed E-state index contributed by atoms with van der Waals surface area (Å²) in [7, 11) is -2.98. The molecule has 0 aliphatic carbocycles. The maximum atomic E-state index is 11.5. The predicted molar refractivity (Wildman–Crippen MR) is 76.7 cm³/mol. The van der Waals surface area contributed by atoms with Crippen molar-refractivity contribution in [3.63, 3.8) is 0 Å². The van der Waals surface area contributed by atoms with Crippen molar-refractivity contribution in [2.45, 2.75) is 13.0 Å². The zero-order valence-corrected chi connectivity index (χ0v) is 12.2. The Morgan fingerprint density at radius 1 is 1.35 bits per heavy atom. The van der Waals surface area contributed by atoms with Crippen LogP contribution in [0.2, 0.25) is 0 Å². The number of thiol groups is 1. The summed E-state index contributed by atoms with van der Waals surface area (Å²) in [5, 5.41) is 9.17. The molecule has 0 aliphatic heterocycles. The van der Waals surface area contributed by atoms with Crippen LogP contribution in [-0.2, 0) is 10.9 Å². The maximum absolute atomic E-state index is 11.5. The first-order valence-electron chi connectivity index (χ1n) is 5.67. The quantitative estimate of drug-likeness (QED) is 0.824. The number of carboxylic acid groups (broad SMARTS) is 1. The third-order valence-corrected chi connectivity index (χ3v) is 4.64. The second-order valence-electron chi connectivity index (χ2n) is 3.98. The summed E-state index contributed by atoms with van der Waals surface area (Å²) in [6.07, 6.45) is 0. The molecule has 1 unspecified atom stereocenters. The van der Waals surface area contributed by atoms with Crippen LogP contribution in [0.25, 0.3) is 0 Å². The molecule has 1 aromatic carbocycles. The third kappa shape index (κ3) is 2.81. The highest BCUT2D eigenvalue weighted by Gasteiger charge is 2.26. The van der Waals surface area contributed by atoms with Gasteiger partial charge in [-0.05, 0) is 12.5 Å². The Bertz CT molecular complexity index is 674. The number of carbonyl (C=O) groups is 1. The van der Waals surface area contributed by atoms with Crippen molar-refractivity contribution in [2.24, 2.45) is 0 Å². The molecule has 1 heterocycles. The molecule has 8 heteroatoms. The Hall–Kier alpha value is -1.93. The fourth-order valence-electron chi connectivity index (χ4n) is 1.81. The Balaban J connectivity index is 2.47. The highest BCUT2D eigenvalue weighted by molar-refractivity contribution is 7.74.